The number of carboxylic acids is 1. The first-order chi connectivity index (χ1) is 13.0. The maximum Gasteiger partial charge on any atom is 0.328 e. The second-order valence-electron chi connectivity index (χ2n) is 7.42. The molecule has 7 heteroatoms. The van der Waals surface area contributed by atoms with Crippen molar-refractivity contribution in [1.82, 2.24) is 5.32 Å². The van der Waals surface area contributed by atoms with E-state index in [-0.39, 0.29) is 18.3 Å². The van der Waals surface area contributed by atoms with Gasteiger partial charge in [0.05, 0.1) is 7.11 Å². The van der Waals surface area contributed by atoms with Gasteiger partial charge < -0.3 is 15.2 Å². The highest BCUT2D eigenvalue weighted by atomic mass is 79.9. The normalized spacial score (nSPS) is 14.1. The summed E-state index contributed by atoms with van der Waals surface area (Å²) in [5.74, 6) is -2.15. The number of nitrogens with one attached hydrogen (secondary N) is 1. The summed E-state index contributed by atoms with van der Waals surface area (Å²) in [6, 6.07) is -0.977. The van der Waals surface area contributed by atoms with Gasteiger partial charge >= 0.3 is 11.9 Å². The molecule has 158 valence electrons. The molecule has 0 heterocycles. The number of esters is 1. The van der Waals surface area contributed by atoms with Crippen LogP contribution in [0.5, 0.6) is 0 Å². The lowest BCUT2D eigenvalue weighted by atomic mass is 9.87. The maximum atomic E-state index is 12.1. The van der Waals surface area contributed by atoms with E-state index < -0.39 is 23.9 Å². The fraction of sp³-hybridized carbons (Fsp3) is 0.571. The number of hydrogen-bond donors (Lipinski definition) is 2. The van der Waals surface area contributed by atoms with Gasteiger partial charge in [-0.2, -0.15) is 0 Å². The Morgan fingerprint density at radius 3 is 2.36 bits per heavy atom. The lowest BCUT2D eigenvalue weighted by Crippen LogP contribution is -2.41. The first-order valence-electron chi connectivity index (χ1n) is 9.24. The molecule has 0 aliphatic carbocycles. The average molecular weight is 458 g/mol. The molecule has 0 saturated heterocycles. The zero-order valence-corrected chi connectivity index (χ0v) is 19.0. The van der Waals surface area contributed by atoms with Crippen molar-refractivity contribution >= 4 is 33.8 Å². The monoisotopic (exact) mass is 457 g/mol. The molecule has 6 nitrogen and oxygen atoms in total. The third kappa shape index (κ3) is 13.3. The predicted molar refractivity (Wildman–Crippen MR) is 114 cm³/mol. The minimum atomic E-state index is -1.04. The van der Waals surface area contributed by atoms with Crippen molar-refractivity contribution in [2.24, 2.45) is 5.41 Å². The van der Waals surface area contributed by atoms with Gasteiger partial charge in [0.15, 0.2) is 0 Å². The standard InChI is InChI=1S/C21H32BrNO5/c1-15(7-6-8-16(2)22)11-13-21(3,4)14-12-18(24)23-17(20(27)28-5)9-10-19(25)26/h8,11-12,14,17H,6-7,9-10,13H2,1-5H3,(H,23,24)(H,25,26)/b14-12+,15-11+,16-8+/t17-/m0/s1. The van der Waals surface area contributed by atoms with Gasteiger partial charge in [0.1, 0.15) is 6.04 Å². The van der Waals surface area contributed by atoms with Crippen LogP contribution in [0.4, 0.5) is 0 Å². The van der Waals surface area contributed by atoms with Crippen LogP contribution in [0.25, 0.3) is 0 Å². The Balaban J connectivity index is 4.74. The number of methoxy groups -OCH3 is 1. The number of carbonyl (C=O) groups excluding carboxylic acids is 2. The van der Waals surface area contributed by atoms with E-state index in [1.165, 1.54) is 18.8 Å². The van der Waals surface area contributed by atoms with E-state index >= 15 is 0 Å². The Bertz CT molecular complexity index is 631. The van der Waals surface area contributed by atoms with E-state index in [1.807, 2.05) is 20.8 Å². The number of carboxylic acid groups (broad SMARTS) is 1. The average Bonchev–Trinajstić information content (AvgIpc) is 2.60. The second kappa shape index (κ2) is 13.3. The summed E-state index contributed by atoms with van der Waals surface area (Å²) in [6.07, 6.45) is 9.96. The third-order valence-corrected chi connectivity index (χ3v) is 4.40. The van der Waals surface area contributed by atoms with Gasteiger partial charge in [-0.05, 0) is 55.5 Å². The van der Waals surface area contributed by atoms with Crippen molar-refractivity contribution in [3.8, 4) is 0 Å². The summed E-state index contributed by atoms with van der Waals surface area (Å²) < 4.78 is 5.75. The number of halogens is 1. The molecule has 0 bridgehead atoms. The van der Waals surface area contributed by atoms with E-state index in [4.69, 9.17) is 5.11 Å². The van der Waals surface area contributed by atoms with Crippen molar-refractivity contribution in [3.63, 3.8) is 0 Å². The van der Waals surface area contributed by atoms with Crippen LogP contribution in [0.3, 0.4) is 0 Å². The molecule has 0 aromatic carbocycles. The molecule has 1 atom stereocenters. The zero-order valence-electron chi connectivity index (χ0n) is 17.4. The molecular formula is C21H32BrNO5. The van der Waals surface area contributed by atoms with Crippen molar-refractivity contribution in [2.75, 3.05) is 7.11 Å². The van der Waals surface area contributed by atoms with Crippen LogP contribution in [0.1, 0.15) is 59.8 Å². The third-order valence-electron chi connectivity index (χ3n) is 4.08. The Labute approximate surface area is 176 Å². The van der Waals surface area contributed by atoms with Crippen molar-refractivity contribution in [2.45, 2.75) is 65.8 Å². The fourth-order valence-electron chi connectivity index (χ4n) is 2.29. The molecule has 1 amide bonds. The predicted octanol–water partition coefficient (Wildman–Crippen LogP) is 4.51. The summed E-state index contributed by atoms with van der Waals surface area (Å²) in [7, 11) is 1.20. The first-order valence-corrected chi connectivity index (χ1v) is 10.0. The molecule has 2 N–H and O–H groups in total. The summed E-state index contributed by atoms with van der Waals surface area (Å²) in [5.41, 5.74) is 1.05. The number of rotatable bonds is 12. The summed E-state index contributed by atoms with van der Waals surface area (Å²) in [6.45, 7) is 8.13. The Kier molecular flexibility index (Phi) is 12.4. The van der Waals surface area contributed by atoms with Crippen LogP contribution in [-0.4, -0.2) is 36.1 Å². The molecule has 0 aromatic heterocycles. The van der Waals surface area contributed by atoms with E-state index in [0.717, 1.165) is 23.7 Å². The minimum Gasteiger partial charge on any atom is -0.481 e. The molecular weight excluding hydrogens is 426 g/mol. The van der Waals surface area contributed by atoms with Crippen LogP contribution >= 0.6 is 15.9 Å². The molecule has 0 aliphatic heterocycles. The fourth-order valence-corrected chi connectivity index (χ4v) is 2.52. The van der Waals surface area contributed by atoms with E-state index in [1.54, 1.807) is 6.08 Å². The summed E-state index contributed by atoms with van der Waals surface area (Å²) in [5, 5.41) is 11.3. The highest BCUT2D eigenvalue weighted by Crippen LogP contribution is 2.24. The van der Waals surface area contributed by atoms with Crippen LogP contribution in [-0.2, 0) is 19.1 Å². The molecule has 0 saturated carbocycles. The number of ether oxygens (including phenoxy) is 1. The topological polar surface area (TPSA) is 92.7 Å². The van der Waals surface area contributed by atoms with Gasteiger partial charge in [-0.25, -0.2) is 4.79 Å². The lowest BCUT2D eigenvalue weighted by molar-refractivity contribution is -0.145. The molecule has 0 aromatic rings. The Morgan fingerprint density at radius 2 is 1.82 bits per heavy atom. The van der Waals surface area contributed by atoms with Gasteiger partial charge in [0.25, 0.3) is 0 Å². The largest absolute Gasteiger partial charge is 0.481 e. The van der Waals surface area contributed by atoms with Crippen molar-refractivity contribution in [1.29, 1.82) is 0 Å². The first kappa shape index (κ1) is 26.1. The molecule has 0 radical (unpaired) electrons. The Hall–Kier alpha value is -1.89. The van der Waals surface area contributed by atoms with Crippen molar-refractivity contribution < 1.29 is 24.2 Å². The number of carbonyl (C=O) groups is 3. The number of hydrogen-bond acceptors (Lipinski definition) is 4. The van der Waals surface area contributed by atoms with Crippen LogP contribution in [0.2, 0.25) is 0 Å². The lowest BCUT2D eigenvalue weighted by Gasteiger charge is -2.19. The quantitative estimate of drug-likeness (QED) is 0.255. The SMILES string of the molecule is COC(=O)[C@H](CCC(=O)O)NC(=O)/C=C/C(C)(C)C/C=C(\C)CC/C=C(\C)Br. The molecule has 0 spiro atoms. The zero-order chi connectivity index (χ0) is 21.7. The van der Waals surface area contributed by atoms with Crippen LogP contribution < -0.4 is 5.32 Å². The molecule has 0 fully saturated rings. The smallest absolute Gasteiger partial charge is 0.328 e. The molecule has 0 aliphatic rings. The van der Waals surface area contributed by atoms with Gasteiger partial charge in [-0.3, -0.25) is 9.59 Å². The van der Waals surface area contributed by atoms with E-state index in [2.05, 4.69) is 45.1 Å². The van der Waals surface area contributed by atoms with E-state index in [0.29, 0.717) is 0 Å². The number of allylic oxidation sites excluding steroid dienone is 5. The number of aliphatic carboxylic acids is 1. The van der Waals surface area contributed by atoms with Gasteiger partial charge in [-0.15, -0.1) is 0 Å². The summed E-state index contributed by atoms with van der Waals surface area (Å²) in [4.78, 5) is 34.5. The van der Waals surface area contributed by atoms with Gasteiger partial charge in [0.2, 0.25) is 5.91 Å². The highest BCUT2D eigenvalue weighted by Gasteiger charge is 2.22. The number of amides is 1. The summed E-state index contributed by atoms with van der Waals surface area (Å²) >= 11 is 3.41. The molecule has 0 rings (SSSR count). The maximum absolute atomic E-state index is 12.1. The van der Waals surface area contributed by atoms with Gasteiger partial charge in [0, 0.05) is 6.42 Å². The van der Waals surface area contributed by atoms with Crippen molar-refractivity contribution in [3.05, 3.63) is 34.4 Å². The van der Waals surface area contributed by atoms with E-state index in [9.17, 15) is 14.4 Å². The minimum absolute atomic E-state index is 0.0186. The Morgan fingerprint density at radius 1 is 1.18 bits per heavy atom. The van der Waals surface area contributed by atoms with Gasteiger partial charge in [-0.1, -0.05) is 53.6 Å². The van der Waals surface area contributed by atoms with Crippen LogP contribution in [0, 0.1) is 5.41 Å². The van der Waals surface area contributed by atoms with Crippen LogP contribution in [0.15, 0.2) is 34.4 Å². The molecule has 28 heavy (non-hydrogen) atoms. The second-order valence-corrected chi connectivity index (χ2v) is 8.67. The highest BCUT2D eigenvalue weighted by molar-refractivity contribution is 9.11. The molecule has 0 unspecified atom stereocenters.